The van der Waals surface area contributed by atoms with Crippen molar-refractivity contribution in [3.8, 4) is 6.07 Å². The Morgan fingerprint density at radius 1 is 1.19 bits per heavy atom. The third kappa shape index (κ3) is 4.15. The highest BCUT2D eigenvalue weighted by atomic mass is 32.2. The van der Waals surface area contributed by atoms with Gasteiger partial charge in [0.25, 0.3) is 15.8 Å². The predicted octanol–water partition coefficient (Wildman–Crippen LogP) is 1.46. The zero-order chi connectivity index (χ0) is 22.2. The SMILES string of the molecule is CN(C)S(=O)(=O)N1CCC(Nc2ncc3cc(C#N)c(=O)n(C4CCCC4)c3n2)CC1. The summed E-state index contributed by atoms with van der Waals surface area (Å²) in [6.07, 6.45) is 6.82. The Balaban J connectivity index is 1.58. The molecular weight excluding hydrogens is 418 g/mol. The van der Waals surface area contributed by atoms with Crippen LogP contribution in [-0.2, 0) is 10.2 Å². The number of rotatable bonds is 5. The highest BCUT2D eigenvalue weighted by molar-refractivity contribution is 7.86. The van der Waals surface area contributed by atoms with Crippen LogP contribution in [-0.4, -0.2) is 64.8 Å². The second-order valence-electron chi connectivity index (χ2n) is 8.36. The van der Waals surface area contributed by atoms with Gasteiger partial charge in [-0.1, -0.05) is 12.8 Å². The molecule has 31 heavy (non-hydrogen) atoms. The highest BCUT2D eigenvalue weighted by Crippen LogP contribution is 2.30. The molecule has 3 heterocycles. The molecule has 2 aromatic rings. The van der Waals surface area contributed by atoms with E-state index >= 15 is 0 Å². The van der Waals surface area contributed by atoms with Gasteiger partial charge in [-0.2, -0.15) is 27.3 Å². The summed E-state index contributed by atoms with van der Waals surface area (Å²) < 4.78 is 29.0. The maximum atomic E-state index is 12.9. The van der Waals surface area contributed by atoms with Crippen molar-refractivity contribution in [2.75, 3.05) is 32.5 Å². The van der Waals surface area contributed by atoms with Crippen LogP contribution in [0.5, 0.6) is 0 Å². The lowest BCUT2D eigenvalue weighted by molar-refractivity contribution is 0.310. The number of aromatic nitrogens is 3. The molecule has 4 rings (SSSR count). The Kier molecular flexibility index (Phi) is 5.96. The van der Waals surface area contributed by atoms with Crippen molar-refractivity contribution < 1.29 is 8.42 Å². The first-order valence-corrected chi connectivity index (χ1v) is 12.0. The summed E-state index contributed by atoms with van der Waals surface area (Å²) in [5.74, 6) is 0.414. The van der Waals surface area contributed by atoms with E-state index in [4.69, 9.17) is 0 Å². The molecule has 1 N–H and O–H groups in total. The van der Waals surface area contributed by atoms with Crippen LogP contribution in [0.3, 0.4) is 0 Å². The normalized spacial score (nSPS) is 19.2. The smallest absolute Gasteiger partial charge is 0.281 e. The molecule has 11 heteroatoms. The molecule has 1 aliphatic carbocycles. The first-order valence-electron chi connectivity index (χ1n) is 10.6. The molecule has 166 valence electrons. The average Bonchev–Trinajstić information content (AvgIpc) is 3.28. The Morgan fingerprint density at radius 2 is 1.87 bits per heavy atom. The first-order chi connectivity index (χ1) is 14.8. The minimum absolute atomic E-state index is 0.0381. The minimum Gasteiger partial charge on any atom is -0.351 e. The number of fused-ring (bicyclic) bond motifs is 1. The van der Waals surface area contributed by atoms with E-state index in [1.54, 1.807) is 16.8 Å². The standard InChI is InChI=1S/C20H27N7O3S/c1-25(2)31(29,30)26-9-7-16(8-10-26)23-20-22-13-15-11-14(12-21)19(28)27(18(15)24-20)17-5-3-4-6-17/h11,13,16-17H,3-10H2,1-2H3,(H,22,23,24). The van der Waals surface area contributed by atoms with Gasteiger partial charge in [0.2, 0.25) is 5.95 Å². The summed E-state index contributed by atoms with van der Waals surface area (Å²) in [6, 6.07) is 3.63. The van der Waals surface area contributed by atoms with E-state index in [2.05, 4.69) is 15.3 Å². The minimum atomic E-state index is -3.41. The molecule has 0 atom stereocenters. The number of hydrogen-bond acceptors (Lipinski definition) is 7. The molecule has 2 aliphatic rings. The maximum Gasteiger partial charge on any atom is 0.281 e. The second-order valence-corrected chi connectivity index (χ2v) is 10.5. The van der Waals surface area contributed by atoms with Gasteiger partial charge in [0.05, 0.1) is 0 Å². The fourth-order valence-electron chi connectivity index (χ4n) is 4.42. The van der Waals surface area contributed by atoms with E-state index in [9.17, 15) is 18.5 Å². The summed E-state index contributed by atoms with van der Waals surface area (Å²) in [4.78, 5) is 21.9. The molecule has 0 amide bonds. The molecule has 0 radical (unpaired) electrons. The summed E-state index contributed by atoms with van der Waals surface area (Å²) in [7, 11) is -0.344. The third-order valence-corrected chi connectivity index (χ3v) is 8.10. The van der Waals surface area contributed by atoms with Gasteiger partial charge in [-0.3, -0.25) is 9.36 Å². The Hall–Kier alpha value is -2.55. The zero-order valence-corrected chi connectivity index (χ0v) is 18.6. The van der Waals surface area contributed by atoms with Crippen molar-refractivity contribution in [2.45, 2.75) is 50.6 Å². The van der Waals surface area contributed by atoms with Crippen molar-refractivity contribution >= 4 is 27.2 Å². The van der Waals surface area contributed by atoms with Gasteiger partial charge in [0, 0.05) is 50.9 Å². The second kappa shape index (κ2) is 8.53. The largest absolute Gasteiger partial charge is 0.351 e. The van der Waals surface area contributed by atoms with Crippen molar-refractivity contribution in [1.29, 1.82) is 5.26 Å². The third-order valence-electron chi connectivity index (χ3n) is 6.16. The van der Waals surface area contributed by atoms with Crippen LogP contribution in [0.25, 0.3) is 11.0 Å². The molecule has 0 unspecified atom stereocenters. The van der Waals surface area contributed by atoms with Crippen LogP contribution >= 0.6 is 0 Å². The maximum absolute atomic E-state index is 12.9. The fourth-order valence-corrected chi connectivity index (χ4v) is 5.55. The molecule has 0 aromatic carbocycles. The molecule has 2 fully saturated rings. The van der Waals surface area contributed by atoms with Gasteiger partial charge in [-0.25, -0.2) is 4.98 Å². The van der Waals surface area contributed by atoms with Crippen LogP contribution in [0.4, 0.5) is 5.95 Å². The van der Waals surface area contributed by atoms with Gasteiger partial charge in [0.1, 0.15) is 17.3 Å². The lowest BCUT2D eigenvalue weighted by Crippen LogP contribution is -2.46. The van der Waals surface area contributed by atoms with E-state index < -0.39 is 10.2 Å². The molecule has 1 saturated heterocycles. The van der Waals surface area contributed by atoms with E-state index in [0.717, 1.165) is 25.7 Å². The van der Waals surface area contributed by atoms with E-state index in [0.29, 0.717) is 42.9 Å². The van der Waals surface area contributed by atoms with Gasteiger partial charge in [-0.05, 0) is 31.7 Å². The van der Waals surface area contributed by atoms with Crippen molar-refractivity contribution in [3.05, 3.63) is 28.2 Å². The fraction of sp³-hybridized carbons (Fsp3) is 0.600. The van der Waals surface area contributed by atoms with Gasteiger partial charge >= 0.3 is 0 Å². The molecule has 1 aliphatic heterocycles. The van der Waals surface area contributed by atoms with Crippen molar-refractivity contribution in [2.24, 2.45) is 0 Å². The topological polar surface area (TPSA) is 124 Å². The Labute approximate surface area is 181 Å². The molecular formula is C20H27N7O3S. The Morgan fingerprint density at radius 3 is 2.48 bits per heavy atom. The molecule has 2 aromatic heterocycles. The summed E-state index contributed by atoms with van der Waals surface area (Å²) in [5, 5.41) is 13.3. The number of nitrogens with zero attached hydrogens (tertiary/aromatic N) is 6. The monoisotopic (exact) mass is 445 g/mol. The van der Waals surface area contributed by atoms with E-state index in [-0.39, 0.29) is 23.2 Å². The quantitative estimate of drug-likeness (QED) is 0.739. The number of piperidine rings is 1. The summed E-state index contributed by atoms with van der Waals surface area (Å²) in [5.41, 5.74) is 0.355. The summed E-state index contributed by atoms with van der Waals surface area (Å²) in [6.45, 7) is 0.841. The number of nitrogens with one attached hydrogen (secondary N) is 1. The first kappa shape index (κ1) is 21.7. The van der Waals surface area contributed by atoms with Gasteiger partial charge in [0.15, 0.2) is 0 Å². The molecule has 0 bridgehead atoms. The average molecular weight is 446 g/mol. The molecule has 10 nitrogen and oxygen atoms in total. The number of pyridine rings is 1. The van der Waals surface area contributed by atoms with Crippen LogP contribution < -0.4 is 10.9 Å². The van der Waals surface area contributed by atoms with Crippen LogP contribution in [0.2, 0.25) is 0 Å². The summed E-state index contributed by atoms with van der Waals surface area (Å²) >= 11 is 0. The lowest BCUT2D eigenvalue weighted by atomic mass is 10.1. The van der Waals surface area contributed by atoms with Crippen molar-refractivity contribution in [3.63, 3.8) is 0 Å². The van der Waals surface area contributed by atoms with E-state index in [1.165, 1.54) is 22.7 Å². The number of anilines is 1. The highest BCUT2D eigenvalue weighted by Gasteiger charge is 2.30. The predicted molar refractivity (Wildman–Crippen MR) is 117 cm³/mol. The molecule has 1 saturated carbocycles. The van der Waals surface area contributed by atoms with Gasteiger partial charge < -0.3 is 5.32 Å². The lowest BCUT2D eigenvalue weighted by Gasteiger charge is -2.33. The van der Waals surface area contributed by atoms with Crippen molar-refractivity contribution in [1.82, 2.24) is 23.1 Å². The zero-order valence-electron chi connectivity index (χ0n) is 17.8. The van der Waals surface area contributed by atoms with Crippen LogP contribution in [0, 0.1) is 11.3 Å². The Bertz CT molecular complexity index is 1170. The number of hydrogen-bond donors (Lipinski definition) is 1. The number of nitriles is 1. The van der Waals surface area contributed by atoms with Crippen LogP contribution in [0.1, 0.15) is 50.1 Å². The van der Waals surface area contributed by atoms with Crippen LogP contribution in [0.15, 0.2) is 17.1 Å². The van der Waals surface area contributed by atoms with Gasteiger partial charge in [-0.15, -0.1) is 0 Å². The van der Waals surface area contributed by atoms with E-state index in [1.807, 2.05) is 6.07 Å². The molecule has 0 spiro atoms.